The van der Waals surface area contributed by atoms with E-state index in [1.807, 2.05) is 34.8 Å². The van der Waals surface area contributed by atoms with Crippen molar-refractivity contribution >= 4 is 35.0 Å². The third-order valence-corrected chi connectivity index (χ3v) is 5.28. The molecule has 1 heterocycles. The third-order valence-electron chi connectivity index (χ3n) is 4.85. The summed E-state index contributed by atoms with van der Waals surface area (Å²) in [7, 11) is 1.97. The number of halogens is 2. The van der Waals surface area contributed by atoms with Crippen LogP contribution in [0.4, 0.5) is 0 Å². The number of benzene rings is 1. The highest BCUT2D eigenvalue weighted by atomic mass is 35.5. The monoisotopic (exact) mass is 451 g/mol. The minimum absolute atomic E-state index is 0.0279. The molecule has 0 unspecified atom stereocenters. The maximum atomic E-state index is 13.2. The number of nitrogens with zero attached hydrogens (tertiary/aromatic N) is 3. The summed E-state index contributed by atoms with van der Waals surface area (Å²) in [4.78, 5) is 29.8. The molecule has 1 aromatic carbocycles. The molecule has 0 aliphatic heterocycles. The van der Waals surface area contributed by atoms with Crippen LogP contribution in [-0.4, -0.2) is 45.8 Å². The fourth-order valence-electron chi connectivity index (χ4n) is 3.28. The Balaban J connectivity index is 2.21. The Hall–Kier alpha value is -1.98. The van der Waals surface area contributed by atoms with Gasteiger partial charge in [-0.2, -0.15) is 0 Å². The molecule has 0 saturated heterocycles. The fraction of sp³-hybridized carbons (Fsp3) is 0.478. The van der Waals surface area contributed by atoms with Gasteiger partial charge in [0.2, 0.25) is 5.91 Å². The molecule has 0 N–H and O–H groups in total. The number of amides is 2. The Morgan fingerprint density at radius 2 is 1.77 bits per heavy atom. The van der Waals surface area contributed by atoms with Gasteiger partial charge in [-0.3, -0.25) is 9.59 Å². The van der Waals surface area contributed by atoms with Gasteiger partial charge < -0.3 is 14.4 Å². The maximum Gasteiger partial charge on any atom is 0.254 e. The Morgan fingerprint density at radius 3 is 2.30 bits per heavy atom. The summed E-state index contributed by atoms with van der Waals surface area (Å²) < 4.78 is 2.01. The zero-order valence-corrected chi connectivity index (χ0v) is 19.7. The second kappa shape index (κ2) is 11.4. The first kappa shape index (κ1) is 24.3. The van der Waals surface area contributed by atoms with Crippen molar-refractivity contribution in [3.63, 3.8) is 0 Å². The molecule has 30 heavy (non-hydrogen) atoms. The summed E-state index contributed by atoms with van der Waals surface area (Å²) >= 11 is 12.2. The van der Waals surface area contributed by atoms with E-state index in [0.717, 1.165) is 18.5 Å². The van der Waals surface area contributed by atoms with Gasteiger partial charge in [0.15, 0.2) is 0 Å². The maximum absolute atomic E-state index is 13.2. The van der Waals surface area contributed by atoms with Crippen molar-refractivity contribution in [2.75, 3.05) is 19.6 Å². The lowest BCUT2D eigenvalue weighted by molar-refractivity contribution is -0.133. The molecule has 164 valence electrons. The van der Waals surface area contributed by atoms with E-state index >= 15 is 0 Å². The topological polar surface area (TPSA) is 45.6 Å². The zero-order valence-electron chi connectivity index (χ0n) is 18.2. The van der Waals surface area contributed by atoms with Gasteiger partial charge in [-0.15, -0.1) is 0 Å². The molecule has 0 fully saturated rings. The highest BCUT2D eigenvalue weighted by Gasteiger charge is 2.23. The lowest BCUT2D eigenvalue weighted by Crippen LogP contribution is -2.44. The first-order valence-electron chi connectivity index (χ1n) is 10.3. The average Bonchev–Trinajstić information content (AvgIpc) is 3.07. The van der Waals surface area contributed by atoms with E-state index in [4.69, 9.17) is 23.2 Å². The zero-order chi connectivity index (χ0) is 22.3. The van der Waals surface area contributed by atoms with Crippen molar-refractivity contribution in [1.29, 1.82) is 0 Å². The number of rotatable bonds is 10. The summed E-state index contributed by atoms with van der Waals surface area (Å²) in [5.74, 6) is 0.0211. The van der Waals surface area contributed by atoms with E-state index in [2.05, 4.69) is 20.8 Å². The first-order valence-corrected chi connectivity index (χ1v) is 11.1. The summed E-state index contributed by atoms with van der Waals surface area (Å²) in [6.45, 7) is 7.90. The second-order valence-corrected chi connectivity index (χ2v) is 8.89. The molecular formula is C23H31Cl2N3O2. The molecule has 2 rings (SSSR count). The van der Waals surface area contributed by atoms with Crippen LogP contribution in [0.5, 0.6) is 0 Å². The van der Waals surface area contributed by atoms with Crippen LogP contribution >= 0.6 is 23.2 Å². The molecule has 0 radical (unpaired) electrons. The summed E-state index contributed by atoms with van der Waals surface area (Å²) in [6, 6.07) is 8.75. The second-order valence-electron chi connectivity index (χ2n) is 8.02. The van der Waals surface area contributed by atoms with Gasteiger partial charge in [0.25, 0.3) is 5.91 Å². The van der Waals surface area contributed by atoms with Gasteiger partial charge >= 0.3 is 0 Å². The minimum Gasteiger partial charge on any atom is -0.353 e. The van der Waals surface area contributed by atoms with Gasteiger partial charge in [0.1, 0.15) is 6.54 Å². The number of carbonyl (C=O) groups is 2. The summed E-state index contributed by atoms with van der Waals surface area (Å²) in [6.07, 6.45) is 3.70. The van der Waals surface area contributed by atoms with Crippen molar-refractivity contribution in [3.05, 3.63) is 57.8 Å². The molecule has 0 bridgehead atoms. The number of aryl methyl sites for hydroxylation is 1. The summed E-state index contributed by atoms with van der Waals surface area (Å²) in [5.41, 5.74) is 1.45. The van der Waals surface area contributed by atoms with Gasteiger partial charge in [-0.05, 0) is 42.7 Å². The molecule has 2 aromatic rings. The molecule has 0 saturated carbocycles. The van der Waals surface area contributed by atoms with E-state index in [1.54, 1.807) is 23.1 Å². The van der Waals surface area contributed by atoms with Gasteiger partial charge in [0.05, 0.1) is 6.54 Å². The molecule has 7 heteroatoms. The van der Waals surface area contributed by atoms with Crippen molar-refractivity contribution in [1.82, 2.24) is 14.4 Å². The molecular weight excluding hydrogens is 421 g/mol. The van der Waals surface area contributed by atoms with Crippen LogP contribution in [0.25, 0.3) is 0 Å². The molecule has 0 spiro atoms. The number of hydrogen-bond donors (Lipinski definition) is 0. The van der Waals surface area contributed by atoms with Crippen molar-refractivity contribution in [2.24, 2.45) is 13.0 Å². The predicted molar refractivity (Wildman–Crippen MR) is 123 cm³/mol. The van der Waals surface area contributed by atoms with Crippen LogP contribution in [0.2, 0.25) is 10.0 Å². The Morgan fingerprint density at radius 1 is 1.10 bits per heavy atom. The third kappa shape index (κ3) is 7.06. The number of aromatic nitrogens is 1. The van der Waals surface area contributed by atoms with E-state index < -0.39 is 0 Å². The van der Waals surface area contributed by atoms with Gasteiger partial charge in [-0.25, -0.2) is 0 Å². The van der Waals surface area contributed by atoms with Crippen LogP contribution in [0.15, 0.2) is 36.5 Å². The van der Waals surface area contributed by atoms with Crippen LogP contribution < -0.4 is 0 Å². The quantitative estimate of drug-likeness (QED) is 0.494. The van der Waals surface area contributed by atoms with E-state index in [-0.39, 0.29) is 18.4 Å². The normalized spacial score (nSPS) is 11.0. The molecule has 1 aromatic heterocycles. The number of carbonyl (C=O) groups excluding carboxylic acids is 2. The van der Waals surface area contributed by atoms with E-state index in [0.29, 0.717) is 41.2 Å². The highest BCUT2D eigenvalue weighted by molar-refractivity contribution is 6.35. The lowest BCUT2D eigenvalue weighted by atomic mass is 10.1. The van der Waals surface area contributed by atoms with Crippen LogP contribution in [0.1, 0.15) is 49.7 Å². The minimum atomic E-state index is -0.232. The van der Waals surface area contributed by atoms with Crippen LogP contribution in [0.3, 0.4) is 0 Å². The molecule has 0 aliphatic rings. The van der Waals surface area contributed by atoms with Crippen molar-refractivity contribution < 1.29 is 9.59 Å². The lowest BCUT2D eigenvalue weighted by Gasteiger charge is -2.29. The first-order chi connectivity index (χ1) is 14.2. The fourth-order valence-corrected chi connectivity index (χ4v) is 3.80. The SMILES string of the molecule is CCCCN(CC(=O)N(Cc1cccn1C)CC(C)C)C(=O)c1cc(Cl)cc(Cl)c1. The van der Waals surface area contributed by atoms with Crippen molar-refractivity contribution in [2.45, 2.75) is 40.2 Å². The highest BCUT2D eigenvalue weighted by Crippen LogP contribution is 2.21. The molecule has 5 nitrogen and oxygen atoms in total. The van der Waals surface area contributed by atoms with Crippen LogP contribution in [0, 0.1) is 5.92 Å². The van der Waals surface area contributed by atoms with E-state index in [1.165, 1.54) is 0 Å². The Labute approximate surface area is 189 Å². The molecule has 0 atom stereocenters. The Bertz CT molecular complexity index is 844. The number of unbranched alkanes of at least 4 members (excludes halogenated alkanes) is 1. The summed E-state index contributed by atoms with van der Waals surface area (Å²) in [5, 5.41) is 0.801. The largest absolute Gasteiger partial charge is 0.353 e. The Kier molecular flexibility index (Phi) is 9.25. The average molecular weight is 452 g/mol. The molecule has 0 aliphatic carbocycles. The van der Waals surface area contributed by atoms with Gasteiger partial charge in [0, 0.05) is 47.6 Å². The number of hydrogen-bond acceptors (Lipinski definition) is 2. The van der Waals surface area contributed by atoms with Crippen LogP contribution in [-0.2, 0) is 18.4 Å². The standard InChI is InChI=1S/C23H31Cl2N3O2/c1-5-6-10-27(23(30)18-11-19(24)13-20(25)12-18)16-22(29)28(14-17(2)3)15-21-8-7-9-26(21)4/h7-9,11-13,17H,5-6,10,14-16H2,1-4H3. The molecule has 2 amide bonds. The predicted octanol–water partition coefficient (Wildman–Crippen LogP) is 5.26. The van der Waals surface area contributed by atoms with Gasteiger partial charge in [-0.1, -0.05) is 50.4 Å². The smallest absolute Gasteiger partial charge is 0.254 e. The van der Waals surface area contributed by atoms with Crippen molar-refractivity contribution in [3.8, 4) is 0 Å². The van der Waals surface area contributed by atoms with E-state index in [9.17, 15) is 9.59 Å².